The number of aromatic nitrogens is 2. The van der Waals surface area contributed by atoms with Crippen molar-refractivity contribution in [3.63, 3.8) is 0 Å². The number of hydrogen-bond acceptors (Lipinski definition) is 6. The average Bonchev–Trinajstić information content (AvgIpc) is 3.34. The number of ether oxygens (including phenoxy) is 1. The van der Waals surface area contributed by atoms with Crippen LogP contribution in [0.25, 0.3) is 5.69 Å². The average molecular weight is 485 g/mol. The largest absolute Gasteiger partial charge is 0.461 e. The van der Waals surface area contributed by atoms with Gasteiger partial charge in [-0.3, -0.25) is 15.4 Å². The van der Waals surface area contributed by atoms with Crippen molar-refractivity contribution >= 4 is 40.2 Å². The number of aryl methyl sites for hydroxylation is 1. The predicted octanol–water partition coefficient (Wildman–Crippen LogP) is 4.85. The molecule has 0 aliphatic rings. The summed E-state index contributed by atoms with van der Waals surface area (Å²) in [6.45, 7) is 0.822. The number of nitrogens with zero attached hydrogens (tertiary/aromatic N) is 2. The Morgan fingerprint density at radius 1 is 0.969 bits per heavy atom. The Morgan fingerprint density at radius 2 is 1.72 bits per heavy atom. The summed E-state index contributed by atoms with van der Waals surface area (Å²) in [4.78, 5) is 14.6. The van der Waals surface area contributed by atoms with Gasteiger partial charge >= 0.3 is 5.97 Å². The Bertz CT molecular complexity index is 1340. The molecule has 6 nitrogen and oxygen atoms in total. The third-order valence-electron chi connectivity index (χ3n) is 4.77. The van der Waals surface area contributed by atoms with E-state index in [0.29, 0.717) is 38.9 Å². The zero-order valence-electron chi connectivity index (χ0n) is 17.1. The Morgan fingerprint density at radius 3 is 2.50 bits per heavy atom. The Kier molecular flexibility index (Phi) is 7.04. The van der Waals surface area contributed by atoms with E-state index in [0.717, 1.165) is 27.5 Å². The highest BCUT2D eigenvalue weighted by Crippen LogP contribution is 2.20. The molecule has 0 atom stereocenters. The van der Waals surface area contributed by atoms with Gasteiger partial charge in [0.25, 0.3) is 0 Å². The third kappa shape index (κ3) is 5.27. The zero-order chi connectivity index (χ0) is 22.5. The molecule has 0 aliphatic heterocycles. The van der Waals surface area contributed by atoms with Crippen LogP contribution < -0.4 is 9.60 Å². The summed E-state index contributed by atoms with van der Waals surface area (Å²) in [5.41, 5.74) is 1.85. The normalized spacial score (nSPS) is 10.9. The molecule has 2 aromatic carbocycles. The standard InChI is InChI=1S/C23H21ClN4O2S2/c24-18-10-4-5-11-19(18)28-14-17(31-23(28)26)9-6-12-30-21(29)20-15-27(22(25)32-20)13-16-7-2-1-3-8-16/h1-5,7-8,10-11,14-15,25-26H,6,9,12-13H2. The molecule has 4 aromatic rings. The lowest BCUT2D eigenvalue weighted by Gasteiger charge is -2.04. The number of rotatable bonds is 8. The number of halogens is 1. The maximum atomic E-state index is 12.4. The fraction of sp³-hybridized carbons (Fsp3) is 0.174. The van der Waals surface area contributed by atoms with E-state index in [1.165, 1.54) is 11.3 Å². The molecule has 0 saturated heterocycles. The second-order valence-electron chi connectivity index (χ2n) is 7.08. The van der Waals surface area contributed by atoms with E-state index >= 15 is 0 Å². The summed E-state index contributed by atoms with van der Waals surface area (Å²) in [5.74, 6) is -0.409. The number of esters is 1. The van der Waals surface area contributed by atoms with Crippen molar-refractivity contribution < 1.29 is 9.53 Å². The topological polar surface area (TPSA) is 83.9 Å². The van der Waals surface area contributed by atoms with Crippen LogP contribution >= 0.6 is 34.3 Å². The molecule has 0 amide bonds. The molecule has 2 aromatic heterocycles. The van der Waals surface area contributed by atoms with Crippen LogP contribution in [0.1, 0.15) is 26.5 Å². The van der Waals surface area contributed by atoms with Gasteiger partial charge < -0.3 is 9.30 Å². The Labute approximate surface area is 198 Å². The van der Waals surface area contributed by atoms with E-state index in [9.17, 15) is 4.79 Å². The molecule has 4 rings (SSSR count). The zero-order valence-corrected chi connectivity index (χ0v) is 19.5. The van der Waals surface area contributed by atoms with Gasteiger partial charge in [0.1, 0.15) is 4.88 Å². The molecule has 164 valence electrons. The third-order valence-corrected chi connectivity index (χ3v) is 6.97. The summed E-state index contributed by atoms with van der Waals surface area (Å²) in [5, 5.41) is 16.9. The van der Waals surface area contributed by atoms with E-state index in [1.54, 1.807) is 21.4 Å². The van der Waals surface area contributed by atoms with E-state index in [2.05, 4.69) is 0 Å². The SMILES string of the molecule is N=c1sc(C(=O)OCCCc2cn(-c3ccccc3Cl)c(=N)s2)cn1Cc1ccccc1. The molecule has 0 bridgehead atoms. The lowest BCUT2D eigenvalue weighted by Crippen LogP contribution is -2.12. The van der Waals surface area contributed by atoms with Crippen LogP contribution in [0.3, 0.4) is 0 Å². The predicted molar refractivity (Wildman–Crippen MR) is 127 cm³/mol. The van der Waals surface area contributed by atoms with Crippen molar-refractivity contribution in [1.82, 2.24) is 9.13 Å². The first-order chi connectivity index (χ1) is 15.5. The van der Waals surface area contributed by atoms with Gasteiger partial charge in [-0.2, -0.15) is 0 Å². The Balaban J connectivity index is 1.31. The first kappa shape index (κ1) is 22.3. The van der Waals surface area contributed by atoms with Crippen molar-refractivity contribution in [3.8, 4) is 5.69 Å². The van der Waals surface area contributed by atoms with Gasteiger partial charge in [-0.25, -0.2) is 4.79 Å². The number of carbonyl (C=O) groups excluding carboxylic acids is 1. The van der Waals surface area contributed by atoms with Gasteiger partial charge in [0.05, 0.1) is 17.3 Å². The fourth-order valence-electron chi connectivity index (χ4n) is 3.21. The monoisotopic (exact) mass is 484 g/mol. The highest BCUT2D eigenvalue weighted by molar-refractivity contribution is 7.11. The van der Waals surface area contributed by atoms with Crippen LogP contribution in [0.4, 0.5) is 0 Å². The highest BCUT2D eigenvalue weighted by atomic mass is 35.5. The van der Waals surface area contributed by atoms with E-state index in [-0.39, 0.29) is 6.61 Å². The lowest BCUT2D eigenvalue weighted by atomic mass is 10.2. The van der Waals surface area contributed by atoms with Crippen molar-refractivity contribution in [2.24, 2.45) is 0 Å². The molecule has 2 heterocycles. The van der Waals surface area contributed by atoms with E-state index < -0.39 is 5.97 Å². The number of para-hydroxylation sites is 1. The highest BCUT2D eigenvalue weighted by Gasteiger charge is 2.13. The van der Waals surface area contributed by atoms with Crippen LogP contribution in [-0.2, 0) is 17.7 Å². The maximum Gasteiger partial charge on any atom is 0.349 e. The van der Waals surface area contributed by atoms with Crippen LogP contribution in [0.5, 0.6) is 0 Å². The van der Waals surface area contributed by atoms with Gasteiger partial charge in [-0.05, 0) is 30.5 Å². The van der Waals surface area contributed by atoms with E-state index in [1.807, 2.05) is 54.7 Å². The summed E-state index contributed by atoms with van der Waals surface area (Å²) in [7, 11) is 0. The molecule has 32 heavy (non-hydrogen) atoms. The second kappa shape index (κ2) is 10.1. The lowest BCUT2D eigenvalue weighted by molar-refractivity contribution is 0.0506. The quantitative estimate of drug-likeness (QED) is 0.277. The number of benzene rings is 2. The maximum absolute atomic E-state index is 12.4. The van der Waals surface area contributed by atoms with Crippen LogP contribution in [0.15, 0.2) is 67.0 Å². The molecule has 0 unspecified atom stereocenters. The van der Waals surface area contributed by atoms with E-state index in [4.69, 9.17) is 27.2 Å². The molecule has 0 radical (unpaired) electrons. The van der Waals surface area contributed by atoms with Crippen molar-refractivity contribution in [3.05, 3.63) is 96.9 Å². The van der Waals surface area contributed by atoms with Gasteiger partial charge in [0.15, 0.2) is 9.60 Å². The van der Waals surface area contributed by atoms with Crippen LogP contribution in [-0.4, -0.2) is 21.7 Å². The first-order valence-electron chi connectivity index (χ1n) is 9.98. The van der Waals surface area contributed by atoms with Gasteiger partial charge in [-0.15, -0.1) is 11.3 Å². The minimum atomic E-state index is -0.409. The summed E-state index contributed by atoms with van der Waals surface area (Å²) in [6.07, 6.45) is 4.94. The molecular weight excluding hydrogens is 464 g/mol. The fourth-order valence-corrected chi connectivity index (χ4v) is 5.10. The summed E-state index contributed by atoms with van der Waals surface area (Å²) >= 11 is 8.75. The minimum absolute atomic E-state index is 0.278. The summed E-state index contributed by atoms with van der Waals surface area (Å²) < 4.78 is 8.92. The molecule has 0 saturated carbocycles. The minimum Gasteiger partial charge on any atom is -0.461 e. The molecular formula is C23H21ClN4O2S2. The number of thiazole rings is 2. The number of nitrogens with one attached hydrogen (secondary N) is 2. The van der Waals surface area contributed by atoms with Crippen molar-refractivity contribution in [2.45, 2.75) is 19.4 Å². The van der Waals surface area contributed by atoms with Gasteiger partial charge in [0.2, 0.25) is 0 Å². The van der Waals surface area contributed by atoms with Gasteiger partial charge in [-0.1, -0.05) is 65.4 Å². The van der Waals surface area contributed by atoms with Crippen LogP contribution in [0, 0.1) is 10.8 Å². The first-order valence-corrected chi connectivity index (χ1v) is 12.0. The van der Waals surface area contributed by atoms with Crippen LogP contribution in [0.2, 0.25) is 5.02 Å². The molecule has 2 N–H and O–H groups in total. The van der Waals surface area contributed by atoms with Crippen molar-refractivity contribution in [2.75, 3.05) is 6.61 Å². The molecule has 0 spiro atoms. The number of carbonyl (C=O) groups is 1. The van der Waals surface area contributed by atoms with Gasteiger partial charge in [0, 0.05) is 23.8 Å². The van der Waals surface area contributed by atoms with Crippen molar-refractivity contribution in [1.29, 1.82) is 10.8 Å². The second-order valence-corrected chi connectivity index (χ2v) is 9.63. The molecule has 0 fully saturated rings. The molecule has 9 heteroatoms. The number of hydrogen-bond donors (Lipinski definition) is 2. The molecule has 0 aliphatic carbocycles. The Hall–Kier alpha value is -2.94. The smallest absolute Gasteiger partial charge is 0.349 e. The summed E-state index contributed by atoms with van der Waals surface area (Å²) in [6, 6.07) is 17.3.